The molecule has 4 N–H and O–H groups in total. The minimum atomic E-state index is -0.788. The van der Waals surface area contributed by atoms with Crippen LogP contribution in [0.25, 0.3) is 0 Å². The Morgan fingerprint density at radius 2 is 1.61 bits per heavy atom. The summed E-state index contributed by atoms with van der Waals surface area (Å²) in [4.78, 5) is 0. The third-order valence-electron chi connectivity index (χ3n) is 3.00. The number of rotatable bonds is 4. The van der Waals surface area contributed by atoms with Gasteiger partial charge in [0.05, 0.1) is 5.60 Å². The van der Waals surface area contributed by atoms with E-state index in [-0.39, 0.29) is 5.84 Å². The molecule has 0 heterocycles. The summed E-state index contributed by atoms with van der Waals surface area (Å²) in [5.41, 5.74) is 6.16. The summed E-state index contributed by atoms with van der Waals surface area (Å²) in [6, 6.07) is 7.09. The van der Waals surface area contributed by atoms with Crippen LogP contribution in [0.5, 0.6) is 0 Å². The van der Waals surface area contributed by atoms with Crippen molar-refractivity contribution in [1.29, 1.82) is 0 Å². The van der Waals surface area contributed by atoms with Crippen LogP contribution in [0, 0.1) is 0 Å². The zero-order valence-electron chi connectivity index (χ0n) is 11.6. The van der Waals surface area contributed by atoms with Gasteiger partial charge in [0.15, 0.2) is 5.84 Å². The van der Waals surface area contributed by atoms with Crippen molar-refractivity contribution in [1.82, 2.24) is 0 Å². The van der Waals surface area contributed by atoms with Gasteiger partial charge in [0.1, 0.15) is 0 Å². The van der Waals surface area contributed by atoms with Crippen molar-refractivity contribution in [3.05, 3.63) is 35.4 Å². The monoisotopic (exact) mass is 252 g/mol. The lowest BCUT2D eigenvalue weighted by molar-refractivity contribution is 0.0284. The molecule has 0 unspecified atom stereocenters. The summed E-state index contributed by atoms with van der Waals surface area (Å²) < 4.78 is 0. The number of oxime groups is 1. The van der Waals surface area contributed by atoms with E-state index in [0.29, 0.717) is 18.4 Å². The van der Waals surface area contributed by atoms with Crippen LogP contribution in [0.2, 0.25) is 0 Å². The van der Waals surface area contributed by atoms with E-state index in [2.05, 4.69) is 5.16 Å². The van der Waals surface area contributed by atoms with Gasteiger partial charge in [0.2, 0.25) is 0 Å². The first-order valence-electron chi connectivity index (χ1n) is 6.38. The molecule has 0 spiro atoms. The van der Waals surface area contributed by atoms with Crippen molar-refractivity contribution in [2.75, 3.05) is 0 Å². The van der Waals surface area contributed by atoms with Gasteiger partial charge in [0.25, 0.3) is 0 Å². The molecule has 1 rings (SSSR count). The molecular weight excluding hydrogens is 228 g/mol. The molecule has 0 aliphatic carbocycles. The predicted molar refractivity (Wildman–Crippen MR) is 74.8 cm³/mol. The van der Waals surface area contributed by atoms with E-state index >= 15 is 0 Å². The lowest BCUT2D eigenvalue weighted by Gasteiger charge is -2.25. The van der Waals surface area contributed by atoms with Crippen molar-refractivity contribution < 1.29 is 10.3 Å². The number of nitrogens with zero attached hydrogens (tertiary/aromatic N) is 1. The molecule has 0 atom stereocenters. The summed E-state index contributed by atoms with van der Waals surface area (Å²) in [7, 11) is 0. The lowest BCUT2D eigenvalue weighted by atomic mass is 9.88. The zero-order chi connectivity index (χ0) is 14.2. The fourth-order valence-electron chi connectivity index (χ4n) is 1.67. The van der Waals surface area contributed by atoms with E-state index in [0.717, 1.165) is 5.56 Å². The largest absolute Gasteiger partial charge is 0.409 e. The van der Waals surface area contributed by atoms with Gasteiger partial charge < -0.3 is 16.0 Å². The average molecular weight is 252 g/mol. The fraction of sp³-hybridized carbons (Fsp3) is 0.500. The maximum atomic E-state index is 10.3. The van der Waals surface area contributed by atoms with Gasteiger partial charge in [-0.3, -0.25) is 0 Å². The molecule has 0 amide bonds. The van der Waals surface area contributed by atoms with Crippen LogP contribution in [-0.2, 0) is 5.60 Å². The Kier molecular flexibility index (Phi) is 7.05. The van der Waals surface area contributed by atoms with E-state index in [1.807, 2.05) is 27.7 Å². The number of hydrogen-bond donors (Lipinski definition) is 3. The minimum Gasteiger partial charge on any atom is -0.409 e. The number of aliphatic hydroxyl groups is 1. The number of benzene rings is 1. The lowest BCUT2D eigenvalue weighted by Crippen LogP contribution is -2.23. The van der Waals surface area contributed by atoms with Crippen LogP contribution in [0.3, 0.4) is 0 Å². The molecule has 18 heavy (non-hydrogen) atoms. The van der Waals surface area contributed by atoms with Crippen LogP contribution in [-0.4, -0.2) is 16.1 Å². The molecule has 4 heteroatoms. The maximum absolute atomic E-state index is 10.3. The van der Waals surface area contributed by atoms with E-state index < -0.39 is 5.60 Å². The molecule has 1 aromatic carbocycles. The molecule has 0 bridgehead atoms. The van der Waals surface area contributed by atoms with Crippen LogP contribution in [0.1, 0.15) is 51.7 Å². The van der Waals surface area contributed by atoms with Gasteiger partial charge in [0, 0.05) is 5.56 Å². The minimum absolute atomic E-state index is 0.0723. The Balaban J connectivity index is 0.00000137. The highest BCUT2D eigenvalue weighted by atomic mass is 16.4. The smallest absolute Gasteiger partial charge is 0.170 e. The molecule has 0 aliphatic rings. The van der Waals surface area contributed by atoms with Crippen LogP contribution in [0.4, 0.5) is 0 Å². The topological polar surface area (TPSA) is 78.8 Å². The van der Waals surface area contributed by atoms with Gasteiger partial charge in [-0.15, -0.1) is 0 Å². The molecule has 1 aromatic rings. The molecular formula is C14H24N2O2. The van der Waals surface area contributed by atoms with Crippen molar-refractivity contribution in [3.63, 3.8) is 0 Å². The zero-order valence-corrected chi connectivity index (χ0v) is 11.6. The second kappa shape index (κ2) is 7.71. The first-order chi connectivity index (χ1) is 8.57. The maximum Gasteiger partial charge on any atom is 0.170 e. The fourth-order valence-corrected chi connectivity index (χ4v) is 1.67. The number of nitrogens with two attached hydrogens (primary N) is 1. The average Bonchev–Trinajstić information content (AvgIpc) is 2.47. The van der Waals surface area contributed by atoms with Crippen molar-refractivity contribution >= 4 is 5.84 Å². The second-order valence-corrected chi connectivity index (χ2v) is 3.80. The highest BCUT2D eigenvalue weighted by Gasteiger charge is 2.24. The first kappa shape index (κ1) is 16.4. The Labute approximate surface area is 109 Å². The van der Waals surface area contributed by atoms with Crippen molar-refractivity contribution in [3.8, 4) is 0 Å². The third-order valence-corrected chi connectivity index (χ3v) is 3.00. The molecule has 0 fully saturated rings. The molecule has 102 valence electrons. The van der Waals surface area contributed by atoms with Gasteiger partial charge in [-0.25, -0.2) is 0 Å². The van der Waals surface area contributed by atoms with E-state index in [1.54, 1.807) is 24.3 Å². The normalized spacial score (nSPS) is 11.7. The van der Waals surface area contributed by atoms with Crippen molar-refractivity contribution in [2.45, 2.75) is 46.1 Å². The van der Waals surface area contributed by atoms with Crippen molar-refractivity contribution in [2.24, 2.45) is 10.9 Å². The molecule has 0 aromatic heterocycles. The summed E-state index contributed by atoms with van der Waals surface area (Å²) in [5, 5.41) is 21.7. The first-order valence-corrected chi connectivity index (χ1v) is 6.38. The van der Waals surface area contributed by atoms with E-state index in [4.69, 9.17) is 10.9 Å². The molecule has 0 radical (unpaired) electrons. The van der Waals surface area contributed by atoms with E-state index in [1.165, 1.54) is 0 Å². The standard InChI is InChI=1S/C12H18N2O2.C2H6/c1-3-12(15,4-2)10-7-5-9(6-8-10)11(13)14-16;1-2/h5-8,15-16H,3-4H2,1-2H3,(H2,13,14);1-2H3. The SMILES string of the molecule is CC.CCC(O)(CC)c1ccc(/C(N)=N/O)cc1. The number of amidine groups is 1. The molecule has 0 saturated heterocycles. The highest BCUT2D eigenvalue weighted by Crippen LogP contribution is 2.28. The summed E-state index contributed by atoms with van der Waals surface area (Å²) in [6.45, 7) is 7.89. The van der Waals surface area contributed by atoms with Crippen LogP contribution >= 0.6 is 0 Å². The van der Waals surface area contributed by atoms with Gasteiger partial charge >= 0.3 is 0 Å². The Bertz CT molecular complexity index is 368. The Morgan fingerprint density at radius 3 is 1.94 bits per heavy atom. The summed E-state index contributed by atoms with van der Waals surface area (Å²) >= 11 is 0. The summed E-state index contributed by atoms with van der Waals surface area (Å²) in [6.07, 6.45) is 1.32. The van der Waals surface area contributed by atoms with Crippen LogP contribution < -0.4 is 5.73 Å². The van der Waals surface area contributed by atoms with Gasteiger partial charge in [-0.05, 0) is 18.4 Å². The molecule has 0 aliphatic heterocycles. The predicted octanol–water partition coefficient (Wildman–Crippen LogP) is 2.81. The highest BCUT2D eigenvalue weighted by molar-refractivity contribution is 5.96. The number of hydrogen-bond acceptors (Lipinski definition) is 3. The summed E-state index contributed by atoms with van der Waals surface area (Å²) in [5.74, 6) is 0.0723. The Morgan fingerprint density at radius 1 is 1.17 bits per heavy atom. The Hall–Kier alpha value is -1.55. The molecule has 0 saturated carbocycles. The van der Waals surface area contributed by atoms with E-state index in [9.17, 15) is 5.11 Å². The van der Waals surface area contributed by atoms with Crippen LogP contribution in [0.15, 0.2) is 29.4 Å². The third kappa shape index (κ3) is 3.74. The van der Waals surface area contributed by atoms with Gasteiger partial charge in [-0.2, -0.15) is 0 Å². The van der Waals surface area contributed by atoms with Gasteiger partial charge in [-0.1, -0.05) is 57.1 Å². The molecule has 4 nitrogen and oxygen atoms in total. The second-order valence-electron chi connectivity index (χ2n) is 3.80. The quantitative estimate of drug-likeness (QED) is 0.334.